The first-order chi connectivity index (χ1) is 6.99. The molecule has 15 heavy (non-hydrogen) atoms. The monoisotopic (exact) mass is 206 g/mol. The molecule has 1 nitrogen and oxygen atoms in total. The molecule has 1 heteroatoms. The lowest BCUT2D eigenvalue weighted by molar-refractivity contribution is 0.270. The van der Waals surface area contributed by atoms with Crippen molar-refractivity contribution in [1.82, 2.24) is 0 Å². The van der Waals surface area contributed by atoms with E-state index in [1.54, 1.807) is 0 Å². The van der Waals surface area contributed by atoms with Gasteiger partial charge in [-0.1, -0.05) is 33.8 Å². The van der Waals surface area contributed by atoms with E-state index in [1.165, 1.54) is 11.1 Å². The van der Waals surface area contributed by atoms with E-state index >= 15 is 0 Å². The summed E-state index contributed by atoms with van der Waals surface area (Å²) in [7, 11) is 0. The zero-order valence-electron chi connectivity index (χ0n) is 10.5. The fourth-order valence-electron chi connectivity index (χ4n) is 1.46. The molecule has 0 saturated carbocycles. The van der Waals surface area contributed by atoms with E-state index in [-0.39, 0.29) is 0 Å². The second-order valence-electron chi connectivity index (χ2n) is 4.94. The van der Waals surface area contributed by atoms with Crippen LogP contribution < -0.4 is 4.74 Å². The molecule has 0 aliphatic carbocycles. The molecular weight excluding hydrogens is 184 g/mol. The highest BCUT2D eigenvalue weighted by Crippen LogP contribution is 2.23. The summed E-state index contributed by atoms with van der Waals surface area (Å²) in [5.74, 6) is 2.15. The average Bonchev–Trinajstić information content (AvgIpc) is 2.13. The van der Waals surface area contributed by atoms with Crippen molar-refractivity contribution in [1.29, 1.82) is 0 Å². The first kappa shape index (κ1) is 12.1. The molecule has 1 aromatic carbocycles. The highest BCUT2D eigenvalue weighted by Gasteiger charge is 2.04. The normalized spacial score (nSPS) is 11.1. The Kier molecular flexibility index (Phi) is 4.19. The first-order valence-electron chi connectivity index (χ1n) is 5.73. The highest BCUT2D eigenvalue weighted by molar-refractivity contribution is 5.35. The molecular formula is C14H22O. The quantitative estimate of drug-likeness (QED) is 0.719. The summed E-state index contributed by atoms with van der Waals surface area (Å²) in [6.07, 6.45) is 0. The van der Waals surface area contributed by atoms with Crippen molar-refractivity contribution in [3.05, 3.63) is 29.3 Å². The lowest BCUT2D eigenvalue weighted by Gasteiger charge is -2.13. The molecule has 1 rings (SSSR count). The van der Waals surface area contributed by atoms with Crippen molar-refractivity contribution in [3.8, 4) is 5.75 Å². The number of aryl methyl sites for hydroxylation is 1. The largest absolute Gasteiger partial charge is 0.493 e. The van der Waals surface area contributed by atoms with Gasteiger partial charge in [0, 0.05) is 0 Å². The average molecular weight is 206 g/mol. The van der Waals surface area contributed by atoms with Gasteiger partial charge in [-0.3, -0.25) is 0 Å². The van der Waals surface area contributed by atoms with E-state index in [0.717, 1.165) is 12.4 Å². The van der Waals surface area contributed by atoms with Gasteiger partial charge >= 0.3 is 0 Å². The van der Waals surface area contributed by atoms with Crippen molar-refractivity contribution >= 4 is 0 Å². The predicted molar refractivity (Wildman–Crippen MR) is 65.6 cm³/mol. The molecule has 0 aromatic heterocycles. The van der Waals surface area contributed by atoms with Crippen molar-refractivity contribution in [2.24, 2.45) is 5.92 Å². The van der Waals surface area contributed by atoms with Crippen molar-refractivity contribution in [2.75, 3.05) is 6.61 Å². The Morgan fingerprint density at radius 1 is 1.07 bits per heavy atom. The molecule has 0 radical (unpaired) electrons. The van der Waals surface area contributed by atoms with Crippen molar-refractivity contribution < 1.29 is 4.74 Å². The van der Waals surface area contributed by atoms with E-state index in [9.17, 15) is 0 Å². The molecule has 0 unspecified atom stereocenters. The van der Waals surface area contributed by atoms with Gasteiger partial charge in [-0.25, -0.2) is 0 Å². The fourth-order valence-corrected chi connectivity index (χ4v) is 1.46. The van der Waals surface area contributed by atoms with Crippen LogP contribution in [-0.2, 0) is 0 Å². The van der Waals surface area contributed by atoms with Gasteiger partial charge in [0.05, 0.1) is 6.61 Å². The van der Waals surface area contributed by atoms with Crippen LogP contribution in [0.1, 0.15) is 44.7 Å². The highest BCUT2D eigenvalue weighted by atomic mass is 16.5. The van der Waals surface area contributed by atoms with E-state index in [4.69, 9.17) is 4.74 Å². The number of ether oxygens (including phenoxy) is 1. The van der Waals surface area contributed by atoms with Crippen LogP contribution in [0.2, 0.25) is 0 Å². The predicted octanol–water partition coefficient (Wildman–Crippen LogP) is 4.15. The van der Waals surface area contributed by atoms with Gasteiger partial charge < -0.3 is 4.74 Å². The number of hydrogen-bond acceptors (Lipinski definition) is 1. The molecule has 1 aromatic rings. The van der Waals surface area contributed by atoms with Crippen LogP contribution in [0, 0.1) is 12.8 Å². The Labute approximate surface area is 93.5 Å². The van der Waals surface area contributed by atoms with Crippen LogP contribution in [0.5, 0.6) is 5.75 Å². The SMILES string of the molecule is Cc1cc(OCC(C)C)cc(C(C)C)c1. The van der Waals surface area contributed by atoms with E-state index in [1.807, 2.05) is 0 Å². The number of hydrogen-bond donors (Lipinski definition) is 0. The van der Waals surface area contributed by atoms with Crippen molar-refractivity contribution in [2.45, 2.75) is 40.5 Å². The molecule has 0 N–H and O–H groups in total. The van der Waals surface area contributed by atoms with Crippen LogP contribution in [0.15, 0.2) is 18.2 Å². The van der Waals surface area contributed by atoms with Crippen LogP contribution in [0.4, 0.5) is 0 Å². The molecule has 0 bridgehead atoms. The molecule has 0 amide bonds. The summed E-state index contributed by atoms with van der Waals surface area (Å²) in [5.41, 5.74) is 2.63. The second kappa shape index (κ2) is 5.20. The Morgan fingerprint density at radius 3 is 2.27 bits per heavy atom. The summed E-state index contributed by atoms with van der Waals surface area (Å²) in [6, 6.07) is 6.49. The van der Waals surface area contributed by atoms with Gasteiger partial charge in [-0.2, -0.15) is 0 Å². The van der Waals surface area contributed by atoms with Gasteiger partial charge in [0.2, 0.25) is 0 Å². The second-order valence-corrected chi connectivity index (χ2v) is 4.94. The van der Waals surface area contributed by atoms with Crippen LogP contribution >= 0.6 is 0 Å². The summed E-state index contributed by atoms with van der Waals surface area (Å²) >= 11 is 0. The zero-order valence-corrected chi connectivity index (χ0v) is 10.5. The van der Waals surface area contributed by atoms with Gasteiger partial charge in [-0.05, 0) is 42.0 Å². The minimum absolute atomic E-state index is 0.561. The maximum Gasteiger partial charge on any atom is 0.119 e. The van der Waals surface area contributed by atoms with Gasteiger partial charge in [-0.15, -0.1) is 0 Å². The standard InChI is InChI=1S/C14H22O/c1-10(2)9-15-14-7-12(5)6-13(8-14)11(3)4/h6-8,10-11H,9H2,1-5H3. The van der Waals surface area contributed by atoms with Gasteiger partial charge in [0.15, 0.2) is 0 Å². The van der Waals surface area contributed by atoms with Crippen LogP contribution in [0.3, 0.4) is 0 Å². The molecule has 0 atom stereocenters. The lowest BCUT2D eigenvalue weighted by atomic mass is 10.0. The molecule has 0 fully saturated rings. The number of benzene rings is 1. The Morgan fingerprint density at radius 2 is 1.73 bits per heavy atom. The summed E-state index contributed by atoms with van der Waals surface area (Å²) < 4.78 is 5.74. The first-order valence-corrected chi connectivity index (χ1v) is 5.73. The zero-order chi connectivity index (χ0) is 11.4. The topological polar surface area (TPSA) is 9.23 Å². The van der Waals surface area contributed by atoms with Crippen LogP contribution in [-0.4, -0.2) is 6.61 Å². The Hall–Kier alpha value is -0.980. The van der Waals surface area contributed by atoms with E-state index < -0.39 is 0 Å². The third-order valence-corrected chi connectivity index (χ3v) is 2.32. The smallest absolute Gasteiger partial charge is 0.119 e. The van der Waals surface area contributed by atoms with Gasteiger partial charge in [0.25, 0.3) is 0 Å². The molecule has 0 aliphatic heterocycles. The fraction of sp³-hybridized carbons (Fsp3) is 0.571. The molecule has 84 valence electrons. The van der Waals surface area contributed by atoms with E-state index in [0.29, 0.717) is 11.8 Å². The third kappa shape index (κ3) is 3.94. The minimum Gasteiger partial charge on any atom is -0.493 e. The van der Waals surface area contributed by atoms with Crippen LogP contribution in [0.25, 0.3) is 0 Å². The molecule has 0 aliphatic rings. The summed E-state index contributed by atoms with van der Waals surface area (Å²) in [5, 5.41) is 0. The molecule has 0 heterocycles. The number of rotatable bonds is 4. The maximum absolute atomic E-state index is 5.74. The molecule has 0 spiro atoms. The Bertz CT molecular complexity index is 313. The summed E-state index contributed by atoms with van der Waals surface area (Å²) in [4.78, 5) is 0. The van der Waals surface area contributed by atoms with Crippen molar-refractivity contribution in [3.63, 3.8) is 0 Å². The Balaban J connectivity index is 2.79. The minimum atomic E-state index is 0.561. The lowest BCUT2D eigenvalue weighted by Crippen LogP contribution is -2.05. The summed E-state index contributed by atoms with van der Waals surface area (Å²) in [6.45, 7) is 11.7. The maximum atomic E-state index is 5.74. The molecule has 0 saturated heterocycles. The third-order valence-electron chi connectivity index (χ3n) is 2.32. The van der Waals surface area contributed by atoms with Gasteiger partial charge in [0.1, 0.15) is 5.75 Å². The van der Waals surface area contributed by atoms with E-state index in [2.05, 4.69) is 52.8 Å².